The van der Waals surface area contributed by atoms with Gasteiger partial charge in [-0.2, -0.15) is 0 Å². The van der Waals surface area contributed by atoms with Crippen LogP contribution in [0.1, 0.15) is 31.4 Å². The number of para-hydroxylation sites is 1. The van der Waals surface area contributed by atoms with Gasteiger partial charge in [0.15, 0.2) is 9.84 Å². The second kappa shape index (κ2) is 6.59. The molecule has 1 unspecified atom stereocenters. The van der Waals surface area contributed by atoms with Gasteiger partial charge in [-0.3, -0.25) is 0 Å². The average molecular weight is 296 g/mol. The molecule has 1 fully saturated rings. The highest BCUT2D eigenvalue weighted by molar-refractivity contribution is 7.91. The number of benzene rings is 1. The molecule has 1 aromatic carbocycles. The molecule has 1 aliphatic heterocycles. The highest BCUT2D eigenvalue weighted by Gasteiger charge is 2.22. The highest BCUT2D eigenvalue weighted by atomic mass is 32.2. The Balaban J connectivity index is 2.28. The Labute approximate surface area is 122 Å². The fourth-order valence-corrected chi connectivity index (χ4v) is 4.10. The summed E-state index contributed by atoms with van der Waals surface area (Å²) in [5.74, 6) is 0.576. The number of anilines is 1. The second-order valence-corrected chi connectivity index (χ2v) is 7.60. The van der Waals surface area contributed by atoms with Gasteiger partial charge >= 0.3 is 0 Å². The summed E-state index contributed by atoms with van der Waals surface area (Å²) in [6.07, 6.45) is 1.73. The zero-order valence-electron chi connectivity index (χ0n) is 12.3. The number of hydrogen-bond acceptors (Lipinski definition) is 4. The van der Waals surface area contributed by atoms with Crippen LogP contribution in [0.5, 0.6) is 0 Å². The summed E-state index contributed by atoms with van der Waals surface area (Å²) in [5.41, 5.74) is 2.43. The molecule has 0 amide bonds. The Morgan fingerprint density at radius 2 is 2.00 bits per heavy atom. The number of sulfone groups is 1. The predicted molar refractivity (Wildman–Crippen MR) is 84.0 cm³/mol. The third-order valence-electron chi connectivity index (χ3n) is 3.97. The molecule has 1 aliphatic rings. The van der Waals surface area contributed by atoms with Gasteiger partial charge in [0, 0.05) is 24.8 Å². The Hall–Kier alpha value is -1.07. The molecule has 0 saturated carbocycles. The molecular weight excluding hydrogens is 272 g/mol. The minimum Gasteiger partial charge on any atom is -0.370 e. The summed E-state index contributed by atoms with van der Waals surface area (Å²) in [5, 5.41) is 3.33. The van der Waals surface area contributed by atoms with Crippen molar-refractivity contribution in [2.45, 2.75) is 25.8 Å². The summed E-state index contributed by atoms with van der Waals surface area (Å²) < 4.78 is 23.5. The number of rotatable bonds is 4. The molecule has 1 heterocycles. The fraction of sp³-hybridized carbons (Fsp3) is 0.600. The third kappa shape index (κ3) is 3.52. The lowest BCUT2D eigenvalue weighted by atomic mass is 10.0. The molecule has 5 heteroatoms. The molecule has 1 N–H and O–H groups in total. The van der Waals surface area contributed by atoms with Gasteiger partial charge in [-0.15, -0.1) is 0 Å². The summed E-state index contributed by atoms with van der Waals surface area (Å²) in [7, 11) is -0.892. The first-order chi connectivity index (χ1) is 9.57. The molecule has 1 atom stereocenters. The van der Waals surface area contributed by atoms with Crippen molar-refractivity contribution in [3.63, 3.8) is 0 Å². The molecule has 0 bridgehead atoms. The van der Waals surface area contributed by atoms with Crippen LogP contribution < -0.4 is 10.2 Å². The lowest BCUT2D eigenvalue weighted by Gasteiger charge is -2.28. The van der Waals surface area contributed by atoms with Gasteiger partial charge in [-0.1, -0.05) is 25.1 Å². The largest absolute Gasteiger partial charge is 0.370 e. The van der Waals surface area contributed by atoms with Crippen LogP contribution >= 0.6 is 0 Å². The van der Waals surface area contributed by atoms with Crippen LogP contribution in [0.3, 0.4) is 0 Å². The topological polar surface area (TPSA) is 49.4 Å². The molecule has 1 saturated heterocycles. The average Bonchev–Trinajstić information content (AvgIpc) is 2.62. The maximum absolute atomic E-state index is 11.7. The van der Waals surface area contributed by atoms with Crippen molar-refractivity contribution < 1.29 is 8.42 Å². The van der Waals surface area contributed by atoms with E-state index < -0.39 is 9.84 Å². The molecule has 0 aromatic heterocycles. The van der Waals surface area contributed by atoms with Gasteiger partial charge in [0.25, 0.3) is 0 Å². The normalized spacial score (nSPS) is 20.4. The molecule has 0 aliphatic carbocycles. The van der Waals surface area contributed by atoms with E-state index in [2.05, 4.69) is 29.3 Å². The zero-order chi connectivity index (χ0) is 14.6. The molecule has 20 heavy (non-hydrogen) atoms. The van der Waals surface area contributed by atoms with Crippen molar-refractivity contribution in [1.82, 2.24) is 5.32 Å². The van der Waals surface area contributed by atoms with E-state index in [-0.39, 0.29) is 5.75 Å². The van der Waals surface area contributed by atoms with E-state index in [9.17, 15) is 8.42 Å². The van der Waals surface area contributed by atoms with E-state index in [0.717, 1.165) is 13.0 Å². The molecule has 112 valence electrons. The monoisotopic (exact) mass is 296 g/mol. The van der Waals surface area contributed by atoms with E-state index in [0.29, 0.717) is 24.8 Å². The lowest BCUT2D eigenvalue weighted by molar-refractivity contribution is 0.575. The lowest BCUT2D eigenvalue weighted by Crippen LogP contribution is -2.29. The summed E-state index contributed by atoms with van der Waals surface area (Å²) in [4.78, 5) is 2.22. The first-order valence-corrected chi connectivity index (χ1v) is 9.11. The summed E-state index contributed by atoms with van der Waals surface area (Å²) in [6.45, 7) is 3.57. The van der Waals surface area contributed by atoms with Crippen LogP contribution in [0.15, 0.2) is 24.3 Å². The Morgan fingerprint density at radius 3 is 2.70 bits per heavy atom. The summed E-state index contributed by atoms with van der Waals surface area (Å²) >= 11 is 0. The minimum atomic E-state index is -2.86. The maximum atomic E-state index is 11.7. The second-order valence-electron chi connectivity index (χ2n) is 5.30. The predicted octanol–water partition coefficient (Wildman–Crippen LogP) is 1.98. The van der Waals surface area contributed by atoms with Crippen LogP contribution in [0.2, 0.25) is 0 Å². The van der Waals surface area contributed by atoms with Crippen molar-refractivity contribution in [3.05, 3.63) is 29.8 Å². The van der Waals surface area contributed by atoms with Crippen molar-refractivity contribution in [1.29, 1.82) is 0 Å². The Bertz CT molecular complexity index is 539. The van der Waals surface area contributed by atoms with Crippen molar-refractivity contribution in [2.24, 2.45) is 0 Å². The quantitative estimate of drug-likeness (QED) is 0.923. The van der Waals surface area contributed by atoms with E-state index in [1.54, 1.807) is 0 Å². The van der Waals surface area contributed by atoms with Crippen molar-refractivity contribution in [2.75, 3.05) is 36.5 Å². The van der Waals surface area contributed by atoms with Crippen molar-refractivity contribution in [3.8, 4) is 0 Å². The molecular formula is C15H24N2O2S. The fourth-order valence-electron chi connectivity index (χ4n) is 2.83. The third-order valence-corrected chi connectivity index (χ3v) is 5.68. The van der Waals surface area contributed by atoms with Gasteiger partial charge in [0.2, 0.25) is 0 Å². The van der Waals surface area contributed by atoms with Gasteiger partial charge in [0.05, 0.1) is 11.5 Å². The standard InChI is InChI=1S/C15H24N2O2S/c1-3-14(16-2)13-7-4-5-8-15(13)17-9-6-11-20(18,19)12-10-17/h4-5,7-8,14,16H,3,6,9-12H2,1-2H3. The van der Waals surface area contributed by atoms with Crippen LogP contribution in [-0.4, -0.2) is 40.1 Å². The zero-order valence-corrected chi connectivity index (χ0v) is 13.1. The Kier molecular flexibility index (Phi) is 5.05. The van der Waals surface area contributed by atoms with Crippen LogP contribution in [-0.2, 0) is 9.84 Å². The molecule has 2 rings (SSSR count). The van der Waals surface area contributed by atoms with E-state index in [1.807, 2.05) is 19.2 Å². The van der Waals surface area contributed by atoms with Crippen LogP contribution in [0.25, 0.3) is 0 Å². The van der Waals surface area contributed by atoms with Crippen LogP contribution in [0.4, 0.5) is 5.69 Å². The highest BCUT2D eigenvalue weighted by Crippen LogP contribution is 2.29. The Morgan fingerprint density at radius 1 is 1.25 bits per heavy atom. The maximum Gasteiger partial charge on any atom is 0.152 e. The molecule has 4 nitrogen and oxygen atoms in total. The minimum absolute atomic E-state index is 0.262. The van der Waals surface area contributed by atoms with Gasteiger partial charge in [-0.25, -0.2) is 8.42 Å². The van der Waals surface area contributed by atoms with Gasteiger partial charge in [-0.05, 0) is 31.5 Å². The SMILES string of the molecule is CCC(NC)c1ccccc1N1CCCS(=O)(=O)CC1. The first-order valence-electron chi connectivity index (χ1n) is 7.29. The number of hydrogen-bond donors (Lipinski definition) is 1. The number of nitrogens with one attached hydrogen (secondary N) is 1. The van der Waals surface area contributed by atoms with Gasteiger partial charge in [0.1, 0.15) is 0 Å². The first kappa shape index (κ1) is 15.3. The van der Waals surface area contributed by atoms with Gasteiger partial charge < -0.3 is 10.2 Å². The van der Waals surface area contributed by atoms with Crippen LogP contribution in [0, 0.1) is 0 Å². The molecule has 1 aromatic rings. The van der Waals surface area contributed by atoms with E-state index in [1.165, 1.54) is 11.3 Å². The summed E-state index contributed by atoms with van der Waals surface area (Å²) in [6, 6.07) is 8.63. The molecule has 0 spiro atoms. The smallest absolute Gasteiger partial charge is 0.152 e. The van der Waals surface area contributed by atoms with Crippen molar-refractivity contribution >= 4 is 15.5 Å². The van der Waals surface area contributed by atoms with E-state index in [4.69, 9.17) is 0 Å². The number of nitrogens with zero attached hydrogens (tertiary/aromatic N) is 1. The van der Waals surface area contributed by atoms with E-state index >= 15 is 0 Å². The molecule has 0 radical (unpaired) electrons.